The van der Waals surface area contributed by atoms with Crippen LogP contribution in [0.2, 0.25) is 10.0 Å². The van der Waals surface area contributed by atoms with Gasteiger partial charge < -0.3 is 4.57 Å². The van der Waals surface area contributed by atoms with Gasteiger partial charge in [-0.15, -0.1) is 10.2 Å². The van der Waals surface area contributed by atoms with Crippen LogP contribution in [0.4, 0.5) is 0 Å². The van der Waals surface area contributed by atoms with Crippen molar-refractivity contribution in [3.8, 4) is 11.4 Å². The van der Waals surface area contributed by atoms with Crippen molar-refractivity contribution in [3.63, 3.8) is 0 Å². The lowest BCUT2D eigenvalue weighted by Gasteiger charge is -2.08. The first-order valence-corrected chi connectivity index (χ1v) is 7.53. The van der Waals surface area contributed by atoms with E-state index in [1.165, 1.54) is 12.8 Å². The van der Waals surface area contributed by atoms with E-state index in [1.807, 2.05) is 12.1 Å². The minimum absolute atomic E-state index is 0.525. The summed E-state index contributed by atoms with van der Waals surface area (Å²) in [5.74, 6) is 1.82. The van der Waals surface area contributed by atoms with Gasteiger partial charge in [-0.2, -0.15) is 0 Å². The van der Waals surface area contributed by atoms with E-state index in [0.29, 0.717) is 21.4 Å². The van der Waals surface area contributed by atoms with Crippen molar-refractivity contribution in [1.29, 1.82) is 0 Å². The molecule has 0 atom stereocenters. The SMILES string of the molecule is Clc1ccc(-c2nnc(CBr)n2C2CC2)cc1Cl. The fraction of sp³-hybridized carbons (Fsp3) is 0.333. The predicted octanol–water partition coefficient (Wildman–Crippen LogP) is 4.48. The van der Waals surface area contributed by atoms with Gasteiger partial charge in [-0.25, -0.2) is 0 Å². The molecule has 0 N–H and O–H groups in total. The molecular formula is C12H10BrCl2N3. The second-order valence-corrected chi connectivity index (χ2v) is 5.68. The van der Waals surface area contributed by atoms with Crippen LogP contribution in [0.15, 0.2) is 18.2 Å². The topological polar surface area (TPSA) is 30.7 Å². The third-order valence-corrected chi connectivity index (χ3v) is 4.22. The maximum atomic E-state index is 6.05. The minimum Gasteiger partial charge on any atom is -0.307 e. The van der Waals surface area contributed by atoms with Gasteiger partial charge in [-0.1, -0.05) is 39.1 Å². The molecule has 0 spiro atoms. The molecule has 1 aliphatic rings. The second kappa shape index (κ2) is 4.83. The molecule has 1 aromatic heterocycles. The molecule has 6 heteroatoms. The zero-order valence-electron chi connectivity index (χ0n) is 9.41. The third-order valence-electron chi connectivity index (χ3n) is 2.98. The first kappa shape index (κ1) is 12.5. The van der Waals surface area contributed by atoms with Crippen LogP contribution in [0.1, 0.15) is 24.7 Å². The molecule has 0 unspecified atom stereocenters. The number of hydrogen-bond acceptors (Lipinski definition) is 2. The molecule has 3 rings (SSSR count). The lowest BCUT2D eigenvalue weighted by atomic mass is 10.2. The Labute approximate surface area is 123 Å². The molecule has 1 fully saturated rings. The summed E-state index contributed by atoms with van der Waals surface area (Å²) in [5.41, 5.74) is 0.955. The molecule has 0 bridgehead atoms. The number of rotatable bonds is 3. The average molecular weight is 347 g/mol. The third kappa shape index (κ3) is 2.17. The Morgan fingerprint density at radius 2 is 2.00 bits per heavy atom. The minimum atomic E-state index is 0.525. The molecule has 0 radical (unpaired) electrons. The van der Waals surface area contributed by atoms with E-state index in [-0.39, 0.29) is 0 Å². The summed E-state index contributed by atoms with van der Waals surface area (Å²) >= 11 is 15.4. The molecule has 0 aliphatic heterocycles. The molecule has 1 saturated carbocycles. The Balaban J connectivity index is 2.10. The highest BCUT2D eigenvalue weighted by Gasteiger charge is 2.29. The number of aromatic nitrogens is 3. The van der Waals surface area contributed by atoms with Crippen molar-refractivity contribution in [1.82, 2.24) is 14.8 Å². The normalized spacial score (nSPS) is 15.1. The molecule has 2 aromatic rings. The molecule has 18 heavy (non-hydrogen) atoms. The van der Waals surface area contributed by atoms with E-state index >= 15 is 0 Å². The van der Waals surface area contributed by atoms with Crippen LogP contribution in [-0.2, 0) is 5.33 Å². The van der Waals surface area contributed by atoms with Gasteiger partial charge in [0.15, 0.2) is 5.82 Å². The number of halogens is 3. The van der Waals surface area contributed by atoms with E-state index < -0.39 is 0 Å². The van der Waals surface area contributed by atoms with Crippen LogP contribution in [-0.4, -0.2) is 14.8 Å². The number of nitrogens with zero attached hydrogens (tertiary/aromatic N) is 3. The first-order valence-electron chi connectivity index (χ1n) is 5.66. The summed E-state index contributed by atoms with van der Waals surface area (Å²) in [5, 5.41) is 10.3. The lowest BCUT2D eigenvalue weighted by Crippen LogP contribution is -2.01. The van der Waals surface area contributed by atoms with Crippen LogP contribution in [0.3, 0.4) is 0 Å². The molecule has 1 aliphatic carbocycles. The fourth-order valence-corrected chi connectivity index (χ4v) is 2.64. The van der Waals surface area contributed by atoms with Crippen molar-refractivity contribution in [2.24, 2.45) is 0 Å². The van der Waals surface area contributed by atoms with Gasteiger partial charge in [-0.05, 0) is 31.0 Å². The van der Waals surface area contributed by atoms with Crippen molar-refractivity contribution in [2.45, 2.75) is 24.2 Å². The largest absolute Gasteiger partial charge is 0.307 e. The van der Waals surface area contributed by atoms with Gasteiger partial charge >= 0.3 is 0 Å². The Bertz CT molecular complexity index is 593. The summed E-state index contributed by atoms with van der Waals surface area (Å²) < 4.78 is 2.19. The molecule has 1 heterocycles. The standard InChI is InChI=1S/C12H10BrCl2N3/c13-6-11-16-17-12(18(11)8-2-3-8)7-1-4-9(14)10(15)5-7/h1,4-5,8H,2-3,6H2. The second-order valence-electron chi connectivity index (χ2n) is 4.30. The smallest absolute Gasteiger partial charge is 0.164 e. The highest BCUT2D eigenvalue weighted by Crippen LogP contribution is 2.40. The van der Waals surface area contributed by atoms with Crippen LogP contribution in [0.5, 0.6) is 0 Å². The van der Waals surface area contributed by atoms with Crippen LogP contribution in [0.25, 0.3) is 11.4 Å². The van der Waals surface area contributed by atoms with Gasteiger partial charge in [0, 0.05) is 11.6 Å². The summed E-state index contributed by atoms with van der Waals surface area (Å²) in [4.78, 5) is 0. The van der Waals surface area contributed by atoms with Crippen molar-refractivity contribution in [2.75, 3.05) is 0 Å². The van der Waals surface area contributed by atoms with Crippen LogP contribution in [0, 0.1) is 0 Å². The van der Waals surface area contributed by atoms with E-state index in [2.05, 4.69) is 30.7 Å². The highest BCUT2D eigenvalue weighted by atomic mass is 79.9. The van der Waals surface area contributed by atoms with Crippen molar-refractivity contribution >= 4 is 39.1 Å². The van der Waals surface area contributed by atoms with E-state index in [1.54, 1.807) is 6.07 Å². The van der Waals surface area contributed by atoms with Crippen LogP contribution >= 0.6 is 39.1 Å². The Morgan fingerprint density at radius 1 is 1.22 bits per heavy atom. The Hall–Kier alpha value is -0.580. The maximum absolute atomic E-state index is 6.05. The highest BCUT2D eigenvalue weighted by molar-refractivity contribution is 9.08. The number of benzene rings is 1. The monoisotopic (exact) mass is 345 g/mol. The van der Waals surface area contributed by atoms with Gasteiger partial charge in [0.25, 0.3) is 0 Å². The summed E-state index contributed by atoms with van der Waals surface area (Å²) in [6.07, 6.45) is 2.37. The number of hydrogen-bond donors (Lipinski definition) is 0. The molecule has 0 amide bonds. The van der Waals surface area contributed by atoms with Crippen molar-refractivity contribution in [3.05, 3.63) is 34.1 Å². The lowest BCUT2D eigenvalue weighted by molar-refractivity contribution is 0.714. The molecule has 1 aromatic carbocycles. The predicted molar refractivity (Wildman–Crippen MR) is 76.4 cm³/mol. The van der Waals surface area contributed by atoms with Gasteiger partial charge in [-0.3, -0.25) is 0 Å². The summed E-state index contributed by atoms with van der Waals surface area (Å²) in [6.45, 7) is 0. The first-order chi connectivity index (χ1) is 8.70. The molecule has 94 valence electrons. The van der Waals surface area contributed by atoms with Gasteiger partial charge in [0.1, 0.15) is 5.82 Å². The fourth-order valence-electron chi connectivity index (χ4n) is 1.96. The molecular weight excluding hydrogens is 337 g/mol. The van der Waals surface area contributed by atoms with Crippen molar-refractivity contribution < 1.29 is 0 Å². The number of alkyl halides is 1. The van der Waals surface area contributed by atoms with E-state index in [9.17, 15) is 0 Å². The van der Waals surface area contributed by atoms with E-state index in [0.717, 1.165) is 17.2 Å². The van der Waals surface area contributed by atoms with E-state index in [4.69, 9.17) is 23.2 Å². The zero-order valence-corrected chi connectivity index (χ0v) is 12.5. The Kier molecular flexibility index (Phi) is 3.34. The quantitative estimate of drug-likeness (QED) is 0.767. The maximum Gasteiger partial charge on any atom is 0.164 e. The zero-order chi connectivity index (χ0) is 12.7. The summed E-state index contributed by atoms with van der Waals surface area (Å²) in [6, 6.07) is 6.08. The van der Waals surface area contributed by atoms with Gasteiger partial charge in [0.2, 0.25) is 0 Å². The molecule has 0 saturated heterocycles. The van der Waals surface area contributed by atoms with Crippen LogP contribution < -0.4 is 0 Å². The Morgan fingerprint density at radius 3 is 2.61 bits per heavy atom. The average Bonchev–Trinajstić information content (AvgIpc) is 3.12. The van der Waals surface area contributed by atoms with Gasteiger partial charge in [0.05, 0.1) is 15.4 Å². The summed E-state index contributed by atoms with van der Waals surface area (Å²) in [7, 11) is 0. The molecule has 3 nitrogen and oxygen atoms in total.